The number of hydrogen-bond donors (Lipinski definition) is 2. The number of aryl methyl sites for hydroxylation is 2. The van der Waals surface area contributed by atoms with Crippen LogP contribution in [0.5, 0.6) is 0 Å². The van der Waals surface area contributed by atoms with Crippen molar-refractivity contribution in [3.05, 3.63) is 29.3 Å². The lowest BCUT2D eigenvalue weighted by molar-refractivity contribution is 0.465. The van der Waals surface area contributed by atoms with Crippen molar-refractivity contribution in [3.63, 3.8) is 0 Å². The van der Waals surface area contributed by atoms with Crippen molar-refractivity contribution >= 4 is 45.6 Å². The first kappa shape index (κ1) is 21.2. The molecule has 1 aliphatic rings. The number of hydrogen-bond acceptors (Lipinski definition) is 3. The highest BCUT2D eigenvalue weighted by Crippen LogP contribution is 2.24. The zero-order valence-corrected chi connectivity index (χ0v) is 17.4. The van der Waals surface area contributed by atoms with Crippen LogP contribution in [-0.4, -0.2) is 44.6 Å². The SMILES string of the molecule is CCS(=O)(=O)N(C)CCCN=C(N)Nc1ccc2c(c1)CCC2.I. The molecule has 3 N–H and O–H groups in total. The molecule has 0 aliphatic heterocycles. The second-order valence-electron chi connectivity index (χ2n) is 5.80. The Balaban J connectivity index is 0.00000288. The van der Waals surface area contributed by atoms with Crippen molar-refractivity contribution in [2.75, 3.05) is 31.2 Å². The van der Waals surface area contributed by atoms with E-state index >= 15 is 0 Å². The summed E-state index contributed by atoms with van der Waals surface area (Å²) in [4.78, 5) is 4.25. The third-order valence-electron chi connectivity index (χ3n) is 4.12. The minimum atomic E-state index is -3.12. The fraction of sp³-hybridized carbons (Fsp3) is 0.562. The molecule has 2 rings (SSSR count). The normalized spacial score (nSPS) is 14.4. The lowest BCUT2D eigenvalue weighted by Crippen LogP contribution is -2.30. The van der Waals surface area contributed by atoms with E-state index < -0.39 is 10.0 Å². The molecule has 0 heterocycles. The highest BCUT2D eigenvalue weighted by molar-refractivity contribution is 14.0. The lowest BCUT2D eigenvalue weighted by atomic mass is 10.1. The number of anilines is 1. The molecule has 8 heteroatoms. The van der Waals surface area contributed by atoms with E-state index in [0.29, 0.717) is 25.5 Å². The van der Waals surface area contributed by atoms with E-state index in [1.54, 1.807) is 14.0 Å². The number of nitrogens with zero attached hydrogens (tertiary/aromatic N) is 2. The zero-order chi connectivity index (χ0) is 16.9. The number of rotatable bonds is 7. The minimum absolute atomic E-state index is 0. The Morgan fingerprint density at radius 2 is 2.04 bits per heavy atom. The fourth-order valence-electron chi connectivity index (χ4n) is 2.69. The number of aliphatic imine (C=N–C) groups is 1. The maximum Gasteiger partial charge on any atom is 0.213 e. The maximum absolute atomic E-state index is 11.6. The Labute approximate surface area is 162 Å². The molecule has 0 spiro atoms. The summed E-state index contributed by atoms with van der Waals surface area (Å²) in [7, 11) is -1.52. The van der Waals surface area contributed by atoms with Gasteiger partial charge in [-0.3, -0.25) is 4.99 Å². The average Bonchev–Trinajstić information content (AvgIpc) is 2.98. The largest absolute Gasteiger partial charge is 0.370 e. The van der Waals surface area contributed by atoms with Gasteiger partial charge in [0, 0.05) is 25.8 Å². The maximum atomic E-state index is 11.6. The summed E-state index contributed by atoms with van der Waals surface area (Å²) in [5.41, 5.74) is 9.65. The van der Waals surface area contributed by atoms with Crippen LogP contribution in [0, 0.1) is 0 Å². The van der Waals surface area contributed by atoms with Gasteiger partial charge in [0.15, 0.2) is 5.96 Å². The van der Waals surface area contributed by atoms with Crippen molar-refractivity contribution in [1.29, 1.82) is 0 Å². The van der Waals surface area contributed by atoms with E-state index in [4.69, 9.17) is 5.73 Å². The summed E-state index contributed by atoms with van der Waals surface area (Å²) in [5.74, 6) is 0.485. The van der Waals surface area contributed by atoms with Crippen molar-refractivity contribution in [2.24, 2.45) is 10.7 Å². The molecular formula is C16H27IN4O2S. The number of nitrogens with one attached hydrogen (secondary N) is 1. The second-order valence-corrected chi connectivity index (χ2v) is 8.17. The number of sulfonamides is 1. The van der Waals surface area contributed by atoms with Gasteiger partial charge in [-0.05, 0) is 55.9 Å². The molecule has 136 valence electrons. The number of fused-ring (bicyclic) bond motifs is 1. The Hall–Kier alpha value is -0.870. The zero-order valence-electron chi connectivity index (χ0n) is 14.3. The van der Waals surface area contributed by atoms with Gasteiger partial charge in [0.25, 0.3) is 0 Å². The van der Waals surface area contributed by atoms with Crippen molar-refractivity contribution in [1.82, 2.24) is 4.31 Å². The Morgan fingerprint density at radius 3 is 2.75 bits per heavy atom. The molecule has 0 saturated heterocycles. The highest BCUT2D eigenvalue weighted by atomic mass is 127. The predicted octanol–water partition coefficient (Wildman–Crippen LogP) is 2.19. The number of nitrogens with two attached hydrogens (primary N) is 1. The third-order valence-corrected chi connectivity index (χ3v) is 5.99. The predicted molar refractivity (Wildman–Crippen MR) is 111 cm³/mol. The van der Waals surface area contributed by atoms with Crippen LogP contribution in [-0.2, 0) is 22.9 Å². The number of benzene rings is 1. The van der Waals surface area contributed by atoms with Crippen molar-refractivity contribution in [3.8, 4) is 0 Å². The Bertz CT molecular complexity index is 677. The molecule has 1 aliphatic carbocycles. The molecule has 0 aromatic heterocycles. The summed E-state index contributed by atoms with van der Waals surface area (Å²) in [6.45, 7) is 2.58. The smallest absolute Gasteiger partial charge is 0.213 e. The molecule has 0 unspecified atom stereocenters. The summed E-state index contributed by atoms with van der Waals surface area (Å²) < 4.78 is 24.6. The van der Waals surface area contributed by atoms with Crippen LogP contribution >= 0.6 is 24.0 Å². The molecule has 1 aromatic rings. The van der Waals surface area contributed by atoms with Gasteiger partial charge < -0.3 is 11.1 Å². The first-order valence-electron chi connectivity index (χ1n) is 8.05. The van der Waals surface area contributed by atoms with Gasteiger partial charge >= 0.3 is 0 Å². The van der Waals surface area contributed by atoms with Crippen molar-refractivity contribution < 1.29 is 8.42 Å². The fourth-order valence-corrected chi connectivity index (χ4v) is 3.54. The van der Waals surface area contributed by atoms with Gasteiger partial charge in [-0.2, -0.15) is 0 Å². The molecule has 1 aromatic carbocycles. The van der Waals surface area contributed by atoms with Crippen LogP contribution < -0.4 is 11.1 Å². The minimum Gasteiger partial charge on any atom is -0.370 e. The summed E-state index contributed by atoms with van der Waals surface area (Å²) >= 11 is 0. The molecular weight excluding hydrogens is 439 g/mol. The van der Waals surface area contributed by atoms with Crippen LogP contribution in [0.3, 0.4) is 0 Å². The molecule has 0 amide bonds. The quantitative estimate of drug-likeness (QED) is 0.279. The third kappa shape index (κ3) is 5.89. The summed E-state index contributed by atoms with van der Waals surface area (Å²) in [6, 6.07) is 6.29. The Kier molecular flexibility index (Phi) is 8.44. The van der Waals surface area contributed by atoms with Crippen LogP contribution in [0.15, 0.2) is 23.2 Å². The van der Waals surface area contributed by atoms with E-state index in [1.165, 1.54) is 21.9 Å². The van der Waals surface area contributed by atoms with Gasteiger partial charge in [0.1, 0.15) is 0 Å². The van der Waals surface area contributed by atoms with E-state index in [9.17, 15) is 8.42 Å². The van der Waals surface area contributed by atoms with E-state index in [1.807, 2.05) is 6.07 Å². The van der Waals surface area contributed by atoms with E-state index in [-0.39, 0.29) is 29.7 Å². The highest BCUT2D eigenvalue weighted by Gasteiger charge is 2.14. The van der Waals surface area contributed by atoms with Crippen LogP contribution in [0.1, 0.15) is 30.9 Å². The van der Waals surface area contributed by atoms with Gasteiger partial charge in [-0.1, -0.05) is 6.07 Å². The number of guanidine groups is 1. The first-order chi connectivity index (χ1) is 10.9. The molecule has 6 nitrogen and oxygen atoms in total. The molecule has 0 saturated carbocycles. The van der Waals surface area contributed by atoms with E-state index in [0.717, 1.165) is 18.5 Å². The van der Waals surface area contributed by atoms with Gasteiger partial charge in [-0.15, -0.1) is 24.0 Å². The second kappa shape index (κ2) is 9.57. The molecule has 0 fully saturated rings. The van der Waals surface area contributed by atoms with Gasteiger partial charge in [0.05, 0.1) is 5.75 Å². The van der Waals surface area contributed by atoms with Crippen LogP contribution in [0.4, 0.5) is 5.69 Å². The van der Waals surface area contributed by atoms with E-state index in [2.05, 4.69) is 22.4 Å². The van der Waals surface area contributed by atoms with Crippen LogP contribution in [0.25, 0.3) is 0 Å². The first-order valence-corrected chi connectivity index (χ1v) is 9.66. The van der Waals surface area contributed by atoms with Crippen molar-refractivity contribution in [2.45, 2.75) is 32.6 Å². The lowest BCUT2D eigenvalue weighted by Gasteiger charge is -2.15. The standard InChI is InChI=1S/C16H26N4O2S.HI/c1-3-23(21,22)20(2)11-5-10-18-16(17)19-15-9-8-13-6-4-7-14(13)12-15;/h8-9,12H,3-7,10-11H2,1-2H3,(H3,17,18,19);1H. The van der Waals surface area contributed by atoms with Gasteiger partial charge in [-0.25, -0.2) is 12.7 Å². The number of halogens is 1. The molecule has 0 bridgehead atoms. The average molecular weight is 466 g/mol. The van der Waals surface area contributed by atoms with Crippen LogP contribution in [0.2, 0.25) is 0 Å². The summed E-state index contributed by atoms with van der Waals surface area (Å²) in [6.07, 6.45) is 4.15. The van der Waals surface area contributed by atoms with Gasteiger partial charge in [0.2, 0.25) is 10.0 Å². The Morgan fingerprint density at radius 1 is 1.33 bits per heavy atom. The summed E-state index contributed by atoms with van der Waals surface area (Å²) in [5, 5.41) is 3.10. The molecule has 0 atom stereocenters. The molecule has 24 heavy (non-hydrogen) atoms. The topological polar surface area (TPSA) is 87.8 Å². The monoisotopic (exact) mass is 466 g/mol. The molecule has 0 radical (unpaired) electrons.